The highest BCUT2D eigenvalue weighted by Gasteiger charge is 2.39. The Kier molecular flexibility index (Phi) is 5.76. The summed E-state index contributed by atoms with van der Waals surface area (Å²) in [6, 6.07) is 12.9. The monoisotopic (exact) mass is 417 g/mol. The summed E-state index contributed by atoms with van der Waals surface area (Å²) < 4.78 is 39.8. The molecule has 6 heteroatoms. The zero-order valence-electron chi connectivity index (χ0n) is 16.7. The van der Waals surface area contributed by atoms with E-state index in [2.05, 4.69) is 4.90 Å². The van der Waals surface area contributed by atoms with Crippen LogP contribution in [-0.4, -0.2) is 30.7 Å². The number of anilines is 1. The van der Waals surface area contributed by atoms with Crippen LogP contribution in [-0.2, 0) is 11.2 Å². The van der Waals surface area contributed by atoms with E-state index in [-0.39, 0.29) is 17.6 Å². The van der Waals surface area contributed by atoms with Crippen LogP contribution in [0, 0.1) is 11.8 Å². The molecule has 2 aliphatic rings. The van der Waals surface area contributed by atoms with Crippen molar-refractivity contribution in [3.8, 4) is 5.75 Å². The lowest BCUT2D eigenvalue weighted by Crippen LogP contribution is -2.34. The molecule has 4 rings (SSSR count). The Morgan fingerprint density at radius 3 is 2.37 bits per heavy atom. The van der Waals surface area contributed by atoms with Crippen molar-refractivity contribution in [3.63, 3.8) is 0 Å². The van der Waals surface area contributed by atoms with Crippen LogP contribution in [0.1, 0.15) is 48.3 Å². The van der Waals surface area contributed by atoms with Crippen LogP contribution in [0.5, 0.6) is 5.75 Å². The van der Waals surface area contributed by atoms with E-state index in [1.807, 2.05) is 24.3 Å². The second kappa shape index (κ2) is 8.32. The van der Waals surface area contributed by atoms with Crippen LogP contribution in [0.25, 0.3) is 0 Å². The fourth-order valence-corrected chi connectivity index (χ4v) is 5.03. The fourth-order valence-electron chi connectivity index (χ4n) is 5.03. The number of hydrogen-bond donors (Lipinski definition) is 1. The number of piperidine rings is 1. The molecule has 0 spiro atoms. The van der Waals surface area contributed by atoms with Gasteiger partial charge in [-0.3, -0.25) is 0 Å². The van der Waals surface area contributed by atoms with E-state index in [1.54, 1.807) is 18.2 Å². The molecule has 2 aromatic rings. The first kappa shape index (κ1) is 20.8. The third-order valence-corrected chi connectivity index (χ3v) is 6.56. The van der Waals surface area contributed by atoms with Gasteiger partial charge < -0.3 is 14.8 Å². The molecule has 30 heavy (non-hydrogen) atoms. The molecule has 0 amide bonds. The molecule has 3 nitrogen and oxygen atoms in total. The largest absolute Gasteiger partial charge is 0.508 e. The number of aromatic hydroxyl groups is 1. The zero-order valence-corrected chi connectivity index (χ0v) is 16.7. The van der Waals surface area contributed by atoms with Crippen LogP contribution in [0.4, 0.5) is 18.9 Å². The number of phenols is 1. The normalized spacial score (nSPS) is 22.6. The van der Waals surface area contributed by atoms with Crippen LogP contribution >= 0.6 is 0 Å². The zero-order chi connectivity index (χ0) is 21.3. The maximum absolute atomic E-state index is 13.3. The summed E-state index contributed by atoms with van der Waals surface area (Å²) in [5.74, 6) is -0.586. The van der Waals surface area contributed by atoms with Crippen molar-refractivity contribution in [1.82, 2.24) is 0 Å². The van der Waals surface area contributed by atoms with Gasteiger partial charge in [0.2, 0.25) is 0 Å². The summed E-state index contributed by atoms with van der Waals surface area (Å²) >= 11 is 0. The van der Waals surface area contributed by atoms with E-state index in [4.69, 9.17) is 0 Å². The third-order valence-electron chi connectivity index (χ3n) is 6.56. The molecular weight excluding hydrogens is 391 g/mol. The minimum Gasteiger partial charge on any atom is -0.508 e. The quantitative estimate of drug-likeness (QED) is 0.672. The summed E-state index contributed by atoms with van der Waals surface area (Å²) in [4.78, 5) is 13.2. The van der Waals surface area contributed by atoms with Crippen LogP contribution in [0.2, 0.25) is 0 Å². The number of hydrogen-bond acceptors (Lipinski definition) is 3. The summed E-state index contributed by atoms with van der Waals surface area (Å²) in [6.45, 7) is 1.62. The van der Waals surface area contributed by atoms with E-state index in [1.165, 1.54) is 0 Å². The molecule has 0 unspecified atom stereocenters. The number of phenolic OH excluding ortho intramolecular Hbond substituents is 1. The standard InChI is InChI=1S/C24H26F3NO2/c25-24(26,27)14-19-2-1-18-13-21(30)7-8-22(18)23(19)17-3-5-20(6-4-17)28-11-9-16(15-29)10-12-28/h3-8,13,15-16,19,23,30H,1-2,9-12,14H2/t19-,23+/m1/s1. The number of rotatable bonds is 4. The molecule has 1 heterocycles. The molecular formula is C24H26F3NO2. The van der Waals surface area contributed by atoms with Gasteiger partial charge in [0.15, 0.2) is 0 Å². The first-order valence-corrected chi connectivity index (χ1v) is 10.5. The smallest absolute Gasteiger partial charge is 0.389 e. The van der Waals surface area contributed by atoms with Gasteiger partial charge in [0.25, 0.3) is 0 Å². The second-order valence-electron chi connectivity index (χ2n) is 8.53. The number of carbonyl (C=O) groups is 1. The number of fused-ring (bicyclic) bond motifs is 1. The van der Waals surface area contributed by atoms with Gasteiger partial charge in [-0.25, -0.2) is 0 Å². The molecule has 0 radical (unpaired) electrons. The highest BCUT2D eigenvalue weighted by molar-refractivity contribution is 5.56. The first-order valence-electron chi connectivity index (χ1n) is 10.5. The predicted octanol–water partition coefficient (Wildman–Crippen LogP) is 5.45. The molecule has 0 bridgehead atoms. The summed E-state index contributed by atoms with van der Waals surface area (Å²) in [5.41, 5.74) is 3.73. The highest BCUT2D eigenvalue weighted by atomic mass is 19.4. The van der Waals surface area contributed by atoms with Crippen LogP contribution in [0.3, 0.4) is 0 Å². The topological polar surface area (TPSA) is 40.5 Å². The SMILES string of the molecule is O=CC1CCN(c2ccc([C@@H]3c4ccc(O)cc4CC[C@@H]3CC(F)(F)F)cc2)CC1. The van der Waals surface area contributed by atoms with Crippen LogP contribution < -0.4 is 4.90 Å². The van der Waals surface area contributed by atoms with E-state index >= 15 is 0 Å². The molecule has 2 atom stereocenters. The summed E-state index contributed by atoms with van der Waals surface area (Å²) in [7, 11) is 0. The minimum absolute atomic E-state index is 0.124. The molecule has 2 aromatic carbocycles. The molecule has 0 saturated carbocycles. The molecule has 1 N–H and O–H groups in total. The van der Waals surface area contributed by atoms with Gasteiger partial charge in [-0.2, -0.15) is 13.2 Å². The van der Waals surface area contributed by atoms with Gasteiger partial charge in [0.05, 0.1) is 0 Å². The van der Waals surface area contributed by atoms with E-state index < -0.39 is 18.5 Å². The van der Waals surface area contributed by atoms with Gasteiger partial charge in [-0.05, 0) is 72.6 Å². The minimum atomic E-state index is -4.21. The Bertz CT molecular complexity index is 886. The molecule has 0 aromatic heterocycles. The molecule has 160 valence electrons. The fraction of sp³-hybridized carbons (Fsp3) is 0.458. The number of aryl methyl sites for hydroxylation is 1. The third kappa shape index (κ3) is 4.47. The molecule has 1 fully saturated rings. The van der Waals surface area contributed by atoms with Crippen molar-refractivity contribution in [3.05, 3.63) is 59.2 Å². The molecule has 1 aliphatic heterocycles. The Balaban J connectivity index is 1.61. The Labute approximate surface area is 174 Å². The lowest BCUT2D eigenvalue weighted by molar-refractivity contribution is -0.146. The summed E-state index contributed by atoms with van der Waals surface area (Å²) in [6.07, 6.45) is -1.33. The van der Waals surface area contributed by atoms with Gasteiger partial charge in [-0.1, -0.05) is 18.2 Å². The average molecular weight is 417 g/mol. The van der Waals surface area contributed by atoms with Crippen molar-refractivity contribution >= 4 is 12.0 Å². The van der Waals surface area contributed by atoms with E-state index in [0.29, 0.717) is 12.8 Å². The number of benzene rings is 2. The highest BCUT2D eigenvalue weighted by Crippen LogP contribution is 2.46. The summed E-state index contributed by atoms with van der Waals surface area (Å²) in [5, 5.41) is 9.81. The lowest BCUT2D eigenvalue weighted by atomic mass is 9.70. The van der Waals surface area contributed by atoms with E-state index in [9.17, 15) is 23.1 Å². The number of carbonyl (C=O) groups excluding carboxylic acids is 1. The number of alkyl halides is 3. The molecule has 1 saturated heterocycles. The average Bonchev–Trinajstić information content (AvgIpc) is 2.73. The van der Waals surface area contributed by atoms with Crippen molar-refractivity contribution < 1.29 is 23.1 Å². The molecule has 1 aliphatic carbocycles. The lowest BCUT2D eigenvalue weighted by Gasteiger charge is -2.35. The Morgan fingerprint density at radius 1 is 1.03 bits per heavy atom. The van der Waals surface area contributed by atoms with Gasteiger partial charge in [-0.15, -0.1) is 0 Å². The number of nitrogens with zero attached hydrogens (tertiary/aromatic N) is 1. The Hall–Kier alpha value is -2.50. The Morgan fingerprint density at radius 2 is 1.73 bits per heavy atom. The number of aldehydes is 1. The predicted molar refractivity (Wildman–Crippen MR) is 110 cm³/mol. The van der Waals surface area contributed by atoms with Crippen molar-refractivity contribution in [1.29, 1.82) is 0 Å². The van der Waals surface area contributed by atoms with Crippen LogP contribution in [0.15, 0.2) is 42.5 Å². The second-order valence-corrected chi connectivity index (χ2v) is 8.53. The number of halogens is 3. The maximum Gasteiger partial charge on any atom is 0.389 e. The maximum atomic E-state index is 13.3. The van der Waals surface area contributed by atoms with Gasteiger partial charge in [0, 0.05) is 37.0 Å². The first-order chi connectivity index (χ1) is 14.3. The van der Waals surface area contributed by atoms with Gasteiger partial charge >= 0.3 is 6.18 Å². The van der Waals surface area contributed by atoms with E-state index in [0.717, 1.165) is 54.6 Å². The van der Waals surface area contributed by atoms with Gasteiger partial charge in [0.1, 0.15) is 12.0 Å². The van der Waals surface area contributed by atoms with Crippen molar-refractivity contribution in [2.24, 2.45) is 11.8 Å². The van der Waals surface area contributed by atoms with Crippen molar-refractivity contribution in [2.75, 3.05) is 18.0 Å². The van der Waals surface area contributed by atoms with Crippen molar-refractivity contribution in [2.45, 2.75) is 44.2 Å².